The van der Waals surface area contributed by atoms with Crippen molar-refractivity contribution in [2.75, 3.05) is 0 Å². The van der Waals surface area contributed by atoms with Crippen LogP contribution in [0.1, 0.15) is 11.4 Å². The third kappa shape index (κ3) is 1.93. The number of nitrogens with zero attached hydrogens (tertiary/aromatic N) is 3. The summed E-state index contributed by atoms with van der Waals surface area (Å²) < 4.78 is 1.88. The van der Waals surface area contributed by atoms with Gasteiger partial charge in [-0.3, -0.25) is 10.1 Å². The van der Waals surface area contributed by atoms with E-state index < -0.39 is 0 Å². The van der Waals surface area contributed by atoms with Crippen molar-refractivity contribution in [1.29, 1.82) is 0 Å². The normalized spacial score (nSPS) is 10.3. The maximum atomic E-state index is 10.8. The van der Waals surface area contributed by atoms with Gasteiger partial charge >= 0.3 is 0 Å². The second-order valence-electron chi connectivity index (χ2n) is 3.49. The Hall–Kier alpha value is -2.17. The van der Waals surface area contributed by atoms with Gasteiger partial charge in [0.15, 0.2) is 0 Å². The predicted octanol–water partition coefficient (Wildman–Crippen LogP) is 2.15. The highest BCUT2D eigenvalue weighted by Gasteiger charge is 2.12. The van der Waals surface area contributed by atoms with Crippen LogP contribution in [0.4, 0.5) is 5.69 Å². The van der Waals surface area contributed by atoms with Crippen molar-refractivity contribution in [1.82, 2.24) is 9.55 Å². The van der Waals surface area contributed by atoms with Gasteiger partial charge in [-0.2, -0.15) is 0 Å². The van der Waals surface area contributed by atoms with Crippen LogP contribution in [-0.4, -0.2) is 14.5 Å². The van der Waals surface area contributed by atoms with Crippen molar-refractivity contribution in [2.24, 2.45) is 0 Å². The smallest absolute Gasteiger partial charge is 0.274 e. The zero-order chi connectivity index (χ0) is 11.5. The summed E-state index contributed by atoms with van der Waals surface area (Å²) in [7, 11) is 0. The van der Waals surface area contributed by atoms with Crippen molar-refractivity contribution >= 4 is 5.69 Å². The topological polar surface area (TPSA) is 61.0 Å². The number of rotatable bonds is 3. The summed E-state index contributed by atoms with van der Waals surface area (Å²) in [5.41, 5.74) is 0.837. The molecule has 0 radical (unpaired) electrons. The number of imidazole rings is 1. The fraction of sp³-hybridized carbons (Fsp3) is 0.182. The van der Waals surface area contributed by atoms with Crippen LogP contribution in [-0.2, 0) is 6.54 Å². The van der Waals surface area contributed by atoms with E-state index in [0.717, 1.165) is 5.82 Å². The Morgan fingerprint density at radius 3 is 2.81 bits per heavy atom. The largest absolute Gasteiger partial charge is 0.330 e. The summed E-state index contributed by atoms with van der Waals surface area (Å²) in [5.74, 6) is 0.846. The van der Waals surface area contributed by atoms with E-state index in [2.05, 4.69) is 4.98 Å². The van der Waals surface area contributed by atoms with Crippen LogP contribution in [0.15, 0.2) is 36.7 Å². The number of hydrogen-bond acceptors (Lipinski definition) is 3. The molecule has 1 heterocycles. The molecule has 0 N–H and O–H groups in total. The van der Waals surface area contributed by atoms with Gasteiger partial charge < -0.3 is 4.57 Å². The molecule has 5 heteroatoms. The van der Waals surface area contributed by atoms with Gasteiger partial charge in [-0.05, 0) is 6.92 Å². The lowest BCUT2D eigenvalue weighted by molar-refractivity contribution is -0.385. The molecular weight excluding hydrogens is 206 g/mol. The summed E-state index contributed by atoms with van der Waals surface area (Å²) in [6.07, 6.45) is 3.50. The van der Waals surface area contributed by atoms with Crippen LogP contribution in [0.2, 0.25) is 0 Å². The Morgan fingerprint density at radius 2 is 2.19 bits per heavy atom. The first-order valence-electron chi connectivity index (χ1n) is 4.88. The Balaban J connectivity index is 2.35. The third-order valence-electron chi connectivity index (χ3n) is 2.45. The number of nitro benzene ring substituents is 1. The standard InChI is InChI=1S/C11H11N3O2/c1-9-12-6-7-13(9)8-10-4-2-3-5-11(10)14(15)16/h2-7H,8H2,1H3. The summed E-state index contributed by atoms with van der Waals surface area (Å²) in [6, 6.07) is 6.75. The highest BCUT2D eigenvalue weighted by Crippen LogP contribution is 2.18. The molecule has 82 valence electrons. The van der Waals surface area contributed by atoms with E-state index in [1.807, 2.05) is 17.7 Å². The first-order valence-corrected chi connectivity index (χ1v) is 4.88. The second kappa shape index (κ2) is 4.14. The van der Waals surface area contributed by atoms with Crippen molar-refractivity contribution in [2.45, 2.75) is 13.5 Å². The van der Waals surface area contributed by atoms with Gasteiger partial charge in [0.1, 0.15) is 5.82 Å². The van der Waals surface area contributed by atoms with Crippen molar-refractivity contribution in [3.8, 4) is 0 Å². The van der Waals surface area contributed by atoms with Gasteiger partial charge in [0.05, 0.1) is 11.5 Å². The van der Waals surface area contributed by atoms with E-state index in [0.29, 0.717) is 12.1 Å². The minimum absolute atomic E-state index is 0.149. The second-order valence-corrected chi connectivity index (χ2v) is 3.49. The molecule has 0 saturated carbocycles. The van der Waals surface area contributed by atoms with Crippen LogP contribution in [0, 0.1) is 17.0 Å². The van der Waals surface area contributed by atoms with Gasteiger partial charge in [-0.15, -0.1) is 0 Å². The predicted molar refractivity (Wildman–Crippen MR) is 59.2 cm³/mol. The van der Waals surface area contributed by atoms with Crippen LogP contribution in [0.25, 0.3) is 0 Å². The van der Waals surface area contributed by atoms with Crippen LogP contribution in [0.3, 0.4) is 0 Å². The van der Waals surface area contributed by atoms with E-state index in [1.54, 1.807) is 24.4 Å². The van der Waals surface area contributed by atoms with Crippen LogP contribution >= 0.6 is 0 Å². The number of benzene rings is 1. The lowest BCUT2D eigenvalue weighted by Crippen LogP contribution is -2.03. The molecule has 0 aliphatic heterocycles. The molecule has 0 amide bonds. The molecule has 0 atom stereocenters. The number of aryl methyl sites for hydroxylation is 1. The molecule has 0 aliphatic carbocycles. The molecule has 0 bridgehead atoms. The van der Waals surface area contributed by atoms with Gasteiger partial charge in [0.2, 0.25) is 0 Å². The zero-order valence-electron chi connectivity index (χ0n) is 8.83. The minimum atomic E-state index is -0.360. The van der Waals surface area contributed by atoms with Gasteiger partial charge in [-0.1, -0.05) is 18.2 Å². The summed E-state index contributed by atoms with van der Waals surface area (Å²) in [5, 5.41) is 10.8. The maximum absolute atomic E-state index is 10.8. The van der Waals surface area contributed by atoms with E-state index in [-0.39, 0.29) is 10.6 Å². The molecule has 16 heavy (non-hydrogen) atoms. The average Bonchev–Trinajstić information content (AvgIpc) is 2.65. The lowest BCUT2D eigenvalue weighted by atomic mass is 10.2. The number of aromatic nitrogens is 2. The Bertz CT molecular complexity index is 519. The summed E-state index contributed by atoms with van der Waals surface area (Å²) in [6.45, 7) is 2.34. The highest BCUT2D eigenvalue weighted by molar-refractivity contribution is 5.39. The Labute approximate surface area is 92.5 Å². The molecule has 2 aromatic rings. The van der Waals surface area contributed by atoms with Crippen molar-refractivity contribution in [3.05, 3.63) is 58.2 Å². The highest BCUT2D eigenvalue weighted by atomic mass is 16.6. The first kappa shape index (κ1) is 10.4. The number of nitro groups is 1. The molecule has 2 rings (SSSR count). The fourth-order valence-electron chi connectivity index (χ4n) is 1.58. The SMILES string of the molecule is Cc1nccn1Cc1ccccc1[N+](=O)[O-]. The quantitative estimate of drug-likeness (QED) is 0.584. The molecule has 1 aromatic carbocycles. The van der Waals surface area contributed by atoms with Gasteiger partial charge in [0, 0.05) is 24.0 Å². The van der Waals surface area contributed by atoms with Crippen molar-refractivity contribution in [3.63, 3.8) is 0 Å². The minimum Gasteiger partial charge on any atom is -0.330 e. The molecular formula is C11H11N3O2. The van der Waals surface area contributed by atoms with E-state index in [4.69, 9.17) is 0 Å². The summed E-state index contributed by atoms with van der Waals surface area (Å²) >= 11 is 0. The summed E-state index contributed by atoms with van der Waals surface area (Å²) in [4.78, 5) is 14.5. The Morgan fingerprint density at radius 1 is 1.44 bits per heavy atom. The zero-order valence-corrected chi connectivity index (χ0v) is 8.83. The molecule has 0 spiro atoms. The van der Waals surface area contributed by atoms with Crippen LogP contribution < -0.4 is 0 Å². The van der Waals surface area contributed by atoms with E-state index in [9.17, 15) is 10.1 Å². The van der Waals surface area contributed by atoms with E-state index in [1.165, 1.54) is 6.07 Å². The molecule has 5 nitrogen and oxygen atoms in total. The molecule has 1 aromatic heterocycles. The molecule has 0 saturated heterocycles. The maximum Gasteiger partial charge on any atom is 0.274 e. The molecule has 0 aliphatic rings. The van der Waals surface area contributed by atoms with E-state index >= 15 is 0 Å². The Kier molecular flexibility index (Phi) is 2.68. The monoisotopic (exact) mass is 217 g/mol. The fourth-order valence-corrected chi connectivity index (χ4v) is 1.58. The lowest BCUT2D eigenvalue weighted by Gasteiger charge is -2.05. The molecule has 0 fully saturated rings. The molecule has 0 unspecified atom stereocenters. The van der Waals surface area contributed by atoms with Crippen molar-refractivity contribution < 1.29 is 4.92 Å². The van der Waals surface area contributed by atoms with Gasteiger partial charge in [0.25, 0.3) is 5.69 Å². The van der Waals surface area contributed by atoms with Crippen LogP contribution in [0.5, 0.6) is 0 Å². The number of hydrogen-bond donors (Lipinski definition) is 0. The first-order chi connectivity index (χ1) is 7.68. The third-order valence-corrected chi connectivity index (χ3v) is 2.45. The average molecular weight is 217 g/mol. The van der Waals surface area contributed by atoms with Gasteiger partial charge in [-0.25, -0.2) is 4.98 Å². The number of para-hydroxylation sites is 1.